The maximum Gasteiger partial charge on any atom is 0.338 e. The molecule has 2 amide bonds. The van der Waals surface area contributed by atoms with Gasteiger partial charge in [-0.05, 0) is 67.8 Å². The average Bonchev–Trinajstić information content (AvgIpc) is 3.50. The molecule has 2 fully saturated rings. The number of rotatable bonds is 8. The van der Waals surface area contributed by atoms with Gasteiger partial charge in [0.2, 0.25) is 11.8 Å². The van der Waals surface area contributed by atoms with Crippen LogP contribution in [0.2, 0.25) is 0 Å². The van der Waals surface area contributed by atoms with Crippen molar-refractivity contribution in [1.29, 1.82) is 0 Å². The maximum atomic E-state index is 12.8. The van der Waals surface area contributed by atoms with Gasteiger partial charge in [0.25, 0.3) is 0 Å². The molecule has 2 aromatic carbocycles. The predicted octanol–water partition coefficient (Wildman–Crippen LogP) is 4.24. The highest BCUT2D eigenvalue weighted by Gasteiger charge is 2.35. The highest BCUT2D eigenvalue weighted by Crippen LogP contribution is 2.29. The zero-order chi connectivity index (χ0) is 23.2. The maximum absolute atomic E-state index is 12.8. The molecule has 7 nitrogen and oxygen atoms in total. The van der Waals surface area contributed by atoms with E-state index in [2.05, 4.69) is 22.3 Å². The van der Waals surface area contributed by atoms with Crippen LogP contribution in [0.25, 0.3) is 0 Å². The summed E-state index contributed by atoms with van der Waals surface area (Å²) in [7, 11) is 0. The first kappa shape index (κ1) is 22.8. The minimum Gasteiger partial charge on any atom is -0.462 e. The van der Waals surface area contributed by atoms with Crippen LogP contribution in [0.1, 0.15) is 49.4 Å². The topological polar surface area (TPSA) is 78.9 Å². The molecule has 0 bridgehead atoms. The standard InChI is InChI=1S/C26H31N3O4/c1-2-3-16-33-26(32)19-6-8-21(9-7-19)27-25(31)20-17-24(30)29(18-20)23-12-10-22(11-13-23)28-14-4-5-15-28/h6-13,20H,2-5,14-18H2,1H3,(H,27,31). The van der Waals surface area contributed by atoms with Crippen LogP contribution >= 0.6 is 0 Å². The molecule has 2 aliphatic rings. The van der Waals surface area contributed by atoms with E-state index in [4.69, 9.17) is 4.74 Å². The Kier molecular flexibility index (Phi) is 7.27. The van der Waals surface area contributed by atoms with Crippen LogP contribution in [0.5, 0.6) is 0 Å². The summed E-state index contributed by atoms with van der Waals surface area (Å²) in [6.07, 6.45) is 4.41. The molecule has 0 radical (unpaired) electrons. The van der Waals surface area contributed by atoms with E-state index in [0.29, 0.717) is 24.4 Å². The van der Waals surface area contributed by atoms with Gasteiger partial charge in [0.15, 0.2) is 0 Å². The molecule has 0 spiro atoms. The smallest absolute Gasteiger partial charge is 0.338 e. The van der Waals surface area contributed by atoms with Crippen molar-refractivity contribution in [2.45, 2.75) is 39.0 Å². The number of amides is 2. The van der Waals surface area contributed by atoms with E-state index in [9.17, 15) is 14.4 Å². The lowest BCUT2D eigenvalue weighted by molar-refractivity contribution is -0.122. The fraction of sp³-hybridized carbons (Fsp3) is 0.423. The van der Waals surface area contributed by atoms with Crippen LogP contribution in [0, 0.1) is 5.92 Å². The third kappa shape index (κ3) is 5.53. The van der Waals surface area contributed by atoms with E-state index in [1.165, 1.54) is 18.5 Å². The van der Waals surface area contributed by atoms with E-state index < -0.39 is 5.92 Å². The second-order valence-electron chi connectivity index (χ2n) is 8.67. The first-order valence-corrected chi connectivity index (χ1v) is 11.8. The van der Waals surface area contributed by atoms with Gasteiger partial charge in [0, 0.05) is 43.1 Å². The quantitative estimate of drug-likeness (QED) is 0.482. The lowest BCUT2D eigenvalue weighted by Gasteiger charge is -2.20. The molecule has 0 aliphatic carbocycles. The van der Waals surface area contributed by atoms with Crippen LogP contribution in [0.15, 0.2) is 48.5 Å². The minimum absolute atomic E-state index is 0.0470. The number of benzene rings is 2. The number of carbonyl (C=O) groups is 3. The van der Waals surface area contributed by atoms with E-state index in [1.807, 2.05) is 19.1 Å². The Labute approximate surface area is 194 Å². The third-order valence-electron chi connectivity index (χ3n) is 6.25. The summed E-state index contributed by atoms with van der Waals surface area (Å²) in [6, 6.07) is 14.7. The molecule has 0 aromatic heterocycles. The highest BCUT2D eigenvalue weighted by atomic mass is 16.5. The van der Waals surface area contributed by atoms with Gasteiger partial charge in [-0.25, -0.2) is 4.79 Å². The Bertz CT molecular complexity index is 982. The predicted molar refractivity (Wildman–Crippen MR) is 129 cm³/mol. The number of hydrogen-bond donors (Lipinski definition) is 1. The van der Waals surface area contributed by atoms with Crippen LogP contribution in [-0.4, -0.2) is 44.0 Å². The highest BCUT2D eigenvalue weighted by molar-refractivity contribution is 6.03. The van der Waals surface area contributed by atoms with Crippen LogP contribution in [0.4, 0.5) is 17.1 Å². The third-order valence-corrected chi connectivity index (χ3v) is 6.25. The second kappa shape index (κ2) is 10.5. The Balaban J connectivity index is 1.32. The number of anilines is 3. The van der Waals surface area contributed by atoms with Gasteiger partial charge >= 0.3 is 5.97 Å². The zero-order valence-electron chi connectivity index (χ0n) is 19.1. The summed E-state index contributed by atoms with van der Waals surface area (Å²) in [5.74, 6) is -1.03. The fourth-order valence-electron chi connectivity index (χ4n) is 4.28. The number of carbonyl (C=O) groups excluding carboxylic acids is 3. The van der Waals surface area contributed by atoms with Gasteiger partial charge in [0.1, 0.15) is 0 Å². The molecule has 1 unspecified atom stereocenters. The van der Waals surface area contributed by atoms with Crippen molar-refractivity contribution in [1.82, 2.24) is 0 Å². The summed E-state index contributed by atoms with van der Waals surface area (Å²) in [5.41, 5.74) is 3.04. The van der Waals surface area contributed by atoms with Crippen molar-refractivity contribution in [2.75, 3.05) is 41.4 Å². The molecule has 2 heterocycles. The molecule has 33 heavy (non-hydrogen) atoms. The van der Waals surface area contributed by atoms with Gasteiger partial charge in [-0.2, -0.15) is 0 Å². The van der Waals surface area contributed by atoms with Crippen molar-refractivity contribution >= 4 is 34.8 Å². The number of unbranched alkanes of at least 4 members (excludes halogenated alkanes) is 1. The second-order valence-corrected chi connectivity index (χ2v) is 8.67. The molecule has 174 valence electrons. The van der Waals surface area contributed by atoms with Gasteiger partial charge in [-0.15, -0.1) is 0 Å². The Morgan fingerprint density at radius 2 is 1.67 bits per heavy atom. The van der Waals surface area contributed by atoms with E-state index >= 15 is 0 Å². The van der Waals surface area contributed by atoms with Crippen LogP contribution in [0.3, 0.4) is 0 Å². The van der Waals surface area contributed by atoms with E-state index in [-0.39, 0.29) is 24.2 Å². The summed E-state index contributed by atoms with van der Waals surface area (Å²) in [6.45, 7) is 4.95. The van der Waals surface area contributed by atoms with Crippen molar-refractivity contribution in [3.8, 4) is 0 Å². The number of nitrogens with one attached hydrogen (secondary N) is 1. The summed E-state index contributed by atoms with van der Waals surface area (Å²) < 4.78 is 5.20. The molecular formula is C26H31N3O4. The first-order valence-electron chi connectivity index (χ1n) is 11.8. The van der Waals surface area contributed by atoms with Crippen molar-refractivity contribution < 1.29 is 19.1 Å². The number of nitrogens with zero attached hydrogens (tertiary/aromatic N) is 2. The number of ether oxygens (including phenoxy) is 1. The van der Waals surface area contributed by atoms with Crippen molar-refractivity contribution in [3.63, 3.8) is 0 Å². The Hall–Kier alpha value is -3.35. The van der Waals surface area contributed by atoms with Gasteiger partial charge < -0.3 is 19.9 Å². The largest absolute Gasteiger partial charge is 0.462 e. The van der Waals surface area contributed by atoms with E-state index in [0.717, 1.165) is 31.6 Å². The summed E-state index contributed by atoms with van der Waals surface area (Å²) in [4.78, 5) is 41.4. The molecule has 2 aliphatic heterocycles. The van der Waals surface area contributed by atoms with Crippen molar-refractivity contribution in [2.24, 2.45) is 5.92 Å². The summed E-state index contributed by atoms with van der Waals surface area (Å²) >= 11 is 0. The number of hydrogen-bond acceptors (Lipinski definition) is 5. The average molecular weight is 450 g/mol. The molecule has 2 saturated heterocycles. The lowest BCUT2D eigenvalue weighted by atomic mass is 10.1. The SMILES string of the molecule is CCCCOC(=O)c1ccc(NC(=O)C2CC(=O)N(c3ccc(N4CCCC4)cc3)C2)cc1. The first-order chi connectivity index (χ1) is 16.0. The molecule has 4 rings (SSSR count). The molecule has 1 atom stereocenters. The lowest BCUT2D eigenvalue weighted by Crippen LogP contribution is -2.28. The molecule has 2 aromatic rings. The van der Waals surface area contributed by atoms with Crippen molar-refractivity contribution in [3.05, 3.63) is 54.1 Å². The minimum atomic E-state index is -0.422. The van der Waals surface area contributed by atoms with Gasteiger partial charge in [-0.3, -0.25) is 9.59 Å². The normalized spacial score (nSPS) is 18.0. The van der Waals surface area contributed by atoms with Gasteiger partial charge in [0.05, 0.1) is 18.1 Å². The Morgan fingerprint density at radius 1 is 1.00 bits per heavy atom. The molecular weight excluding hydrogens is 418 g/mol. The molecule has 0 saturated carbocycles. The van der Waals surface area contributed by atoms with Crippen LogP contribution < -0.4 is 15.1 Å². The fourth-order valence-corrected chi connectivity index (χ4v) is 4.28. The number of esters is 1. The zero-order valence-corrected chi connectivity index (χ0v) is 19.1. The van der Waals surface area contributed by atoms with Gasteiger partial charge in [-0.1, -0.05) is 13.3 Å². The monoisotopic (exact) mass is 449 g/mol. The van der Waals surface area contributed by atoms with E-state index in [1.54, 1.807) is 29.2 Å². The Morgan fingerprint density at radius 3 is 2.33 bits per heavy atom. The van der Waals surface area contributed by atoms with Crippen LogP contribution in [-0.2, 0) is 14.3 Å². The molecule has 1 N–H and O–H groups in total. The summed E-state index contributed by atoms with van der Waals surface area (Å²) in [5, 5.41) is 2.86. The molecule has 7 heteroatoms.